The van der Waals surface area contributed by atoms with Gasteiger partial charge in [0, 0.05) is 18.7 Å². The van der Waals surface area contributed by atoms with Crippen molar-refractivity contribution in [3.63, 3.8) is 0 Å². The van der Waals surface area contributed by atoms with E-state index in [2.05, 4.69) is 0 Å². The standard InChI is InChI=1S/C13H16F2N2O/c1-2-13(16)7-17(8-13)11(18)6-9-4-3-5-10(14)12(9)15/h3-5H,2,6-8,16H2,1H3. The molecule has 2 N–H and O–H groups in total. The summed E-state index contributed by atoms with van der Waals surface area (Å²) in [5.41, 5.74) is 5.73. The van der Waals surface area contributed by atoms with Gasteiger partial charge in [0.2, 0.25) is 5.91 Å². The van der Waals surface area contributed by atoms with Crippen molar-refractivity contribution >= 4 is 5.91 Å². The molecule has 0 bridgehead atoms. The van der Waals surface area contributed by atoms with Gasteiger partial charge in [-0.2, -0.15) is 0 Å². The van der Waals surface area contributed by atoms with Crippen molar-refractivity contribution in [2.75, 3.05) is 13.1 Å². The number of carbonyl (C=O) groups excluding carboxylic acids is 1. The number of amides is 1. The quantitative estimate of drug-likeness (QED) is 0.887. The van der Waals surface area contributed by atoms with Gasteiger partial charge in [-0.05, 0) is 12.5 Å². The van der Waals surface area contributed by atoms with Crippen molar-refractivity contribution in [2.24, 2.45) is 5.73 Å². The molecular weight excluding hydrogens is 238 g/mol. The fourth-order valence-corrected chi connectivity index (χ4v) is 2.07. The smallest absolute Gasteiger partial charge is 0.227 e. The molecule has 0 aromatic heterocycles. The third kappa shape index (κ3) is 2.36. The van der Waals surface area contributed by atoms with Crippen LogP contribution < -0.4 is 5.73 Å². The van der Waals surface area contributed by atoms with Crippen LogP contribution in [0, 0.1) is 11.6 Å². The van der Waals surface area contributed by atoms with Crippen LogP contribution in [0.15, 0.2) is 18.2 Å². The maximum absolute atomic E-state index is 13.4. The van der Waals surface area contributed by atoms with E-state index in [1.54, 1.807) is 4.90 Å². The first-order valence-electron chi connectivity index (χ1n) is 5.95. The average Bonchev–Trinajstić information content (AvgIpc) is 2.31. The lowest BCUT2D eigenvalue weighted by molar-refractivity contribution is -0.138. The van der Waals surface area contributed by atoms with Crippen LogP contribution in [-0.2, 0) is 11.2 Å². The Morgan fingerprint density at radius 3 is 2.72 bits per heavy atom. The number of benzene rings is 1. The van der Waals surface area contributed by atoms with Crippen LogP contribution in [0.3, 0.4) is 0 Å². The van der Waals surface area contributed by atoms with E-state index in [0.29, 0.717) is 13.1 Å². The Morgan fingerprint density at radius 1 is 1.44 bits per heavy atom. The maximum atomic E-state index is 13.4. The molecule has 2 rings (SSSR count). The lowest BCUT2D eigenvalue weighted by atomic mass is 9.88. The zero-order valence-corrected chi connectivity index (χ0v) is 10.2. The molecule has 1 aromatic rings. The van der Waals surface area contributed by atoms with E-state index in [1.165, 1.54) is 12.1 Å². The summed E-state index contributed by atoms with van der Waals surface area (Å²) >= 11 is 0. The summed E-state index contributed by atoms with van der Waals surface area (Å²) in [6.07, 6.45) is 0.675. The fraction of sp³-hybridized carbons (Fsp3) is 0.462. The van der Waals surface area contributed by atoms with E-state index in [0.717, 1.165) is 12.5 Å². The second-order valence-corrected chi connectivity index (χ2v) is 4.86. The number of rotatable bonds is 3. The van der Waals surface area contributed by atoms with Crippen molar-refractivity contribution in [1.29, 1.82) is 0 Å². The molecule has 0 radical (unpaired) electrons. The van der Waals surface area contributed by atoms with Crippen LogP contribution in [-0.4, -0.2) is 29.4 Å². The largest absolute Gasteiger partial charge is 0.339 e. The van der Waals surface area contributed by atoms with Gasteiger partial charge in [-0.15, -0.1) is 0 Å². The highest BCUT2D eigenvalue weighted by atomic mass is 19.2. The minimum absolute atomic E-state index is 0.0889. The third-order valence-corrected chi connectivity index (χ3v) is 3.44. The van der Waals surface area contributed by atoms with Crippen LogP contribution in [0.4, 0.5) is 8.78 Å². The van der Waals surface area contributed by atoms with E-state index < -0.39 is 11.6 Å². The zero-order chi connectivity index (χ0) is 13.3. The monoisotopic (exact) mass is 254 g/mol. The molecule has 3 nitrogen and oxygen atoms in total. The third-order valence-electron chi connectivity index (χ3n) is 3.44. The van der Waals surface area contributed by atoms with Crippen LogP contribution in [0.2, 0.25) is 0 Å². The molecule has 1 fully saturated rings. The summed E-state index contributed by atoms with van der Waals surface area (Å²) < 4.78 is 26.4. The number of halogens is 2. The number of hydrogen-bond acceptors (Lipinski definition) is 2. The van der Waals surface area contributed by atoms with Crippen molar-refractivity contribution in [3.05, 3.63) is 35.4 Å². The maximum Gasteiger partial charge on any atom is 0.227 e. The highest BCUT2D eigenvalue weighted by Gasteiger charge is 2.40. The fourth-order valence-electron chi connectivity index (χ4n) is 2.07. The molecule has 1 aliphatic rings. The molecule has 1 heterocycles. The molecule has 0 unspecified atom stereocenters. The first-order valence-corrected chi connectivity index (χ1v) is 5.95. The highest BCUT2D eigenvalue weighted by Crippen LogP contribution is 2.23. The lowest BCUT2D eigenvalue weighted by Crippen LogP contribution is -2.68. The predicted molar refractivity (Wildman–Crippen MR) is 63.9 cm³/mol. The molecule has 0 saturated carbocycles. The first-order chi connectivity index (χ1) is 8.45. The van der Waals surface area contributed by atoms with Crippen molar-refractivity contribution in [2.45, 2.75) is 25.3 Å². The van der Waals surface area contributed by atoms with E-state index in [-0.39, 0.29) is 23.4 Å². The molecule has 1 saturated heterocycles. The summed E-state index contributed by atoms with van der Waals surface area (Å²) in [6.45, 7) is 2.94. The molecule has 1 amide bonds. The number of carbonyl (C=O) groups is 1. The van der Waals surface area contributed by atoms with E-state index >= 15 is 0 Å². The Bertz CT molecular complexity index is 470. The number of nitrogens with two attached hydrogens (primary N) is 1. The zero-order valence-electron chi connectivity index (χ0n) is 10.2. The molecule has 98 valence electrons. The van der Waals surface area contributed by atoms with Crippen molar-refractivity contribution < 1.29 is 13.6 Å². The highest BCUT2D eigenvalue weighted by molar-refractivity contribution is 5.80. The first kappa shape index (κ1) is 13.0. The van der Waals surface area contributed by atoms with E-state index in [1.807, 2.05) is 6.92 Å². The summed E-state index contributed by atoms with van der Waals surface area (Å²) in [5.74, 6) is -2.08. The number of hydrogen-bond donors (Lipinski definition) is 1. The summed E-state index contributed by atoms with van der Waals surface area (Å²) in [6, 6.07) is 3.86. The SMILES string of the molecule is CCC1(N)CN(C(=O)Cc2cccc(F)c2F)C1. The topological polar surface area (TPSA) is 46.3 Å². The van der Waals surface area contributed by atoms with Crippen molar-refractivity contribution in [3.8, 4) is 0 Å². The van der Waals surface area contributed by atoms with Gasteiger partial charge in [-0.3, -0.25) is 4.79 Å². The van der Waals surface area contributed by atoms with Gasteiger partial charge in [0.25, 0.3) is 0 Å². The summed E-state index contributed by atoms with van der Waals surface area (Å²) in [5, 5.41) is 0. The Kier molecular flexibility index (Phi) is 3.34. The van der Waals surface area contributed by atoms with Crippen LogP contribution >= 0.6 is 0 Å². The van der Waals surface area contributed by atoms with Gasteiger partial charge < -0.3 is 10.6 Å². The molecule has 1 aromatic carbocycles. The molecule has 0 atom stereocenters. The minimum atomic E-state index is -0.944. The van der Waals surface area contributed by atoms with Crippen molar-refractivity contribution in [1.82, 2.24) is 4.90 Å². The van der Waals surface area contributed by atoms with E-state index in [4.69, 9.17) is 5.73 Å². The van der Waals surface area contributed by atoms with Gasteiger partial charge >= 0.3 is 0 Å². The molecule has 18 heavy (non-hydrogen) atoms. The molecule has 0 spiro atoms. The van der Waals surface area contributed by atoms with Crippen LogP contribution in [0.5, 0.6) is 0 Å². The van der Waals surface area contributed by atoms with Gasteiger partial charge in [0.05, 0.1) is 12.0 Å². The Morgan fingerprint density at radius 2 is 2.11 bits per heavy atom. The molecular formula is C13H16F2N2O. The molecule has 1 aliphatic heterocycles. The average molecular weight is 254 g/mol. The predicted octanol–water partition coefficient (Wildman–Crippen LogP) is 1.46. The second kappa shape index (κ2) is 4.65. The van der Waals surface area contributed by atoms with Gasteiger partial charge in [0.1, 0.15) is 0 Å². The summed E-state index contributed by atoms with van der Waals surface area (Å²) in [7, 11) is 0. The van der Waals surface area contributed by atoms with Crippen LogP contribution in [0.1, 0.15) is 18.9 Å². The Balaban J connectivity index is 1.99. The molecule has 0 aliphatic carbocycles. The Hall–Kier alpha value is -1.49. The Labute approximate surface area is 105 Å². The van der Waals surface area contributed by atoms with E-state index in [9.17, 15) is 13.6 Å². The normalized spacial score (nSPS) is 17.4. The second-order valence-electron chi connectivity index (χ2n) is 4.86. The van der Waals surface area contributed by atoms with Gasteiger partial charge in [0.15, 0.2) is 11.6 Å². The lowest BCUT2D eigenvalue weighted by Gasteiger charge is -2.47. The van der Waals surface area contributed by atoms with Gasteiger partial charge in [-0.25, -0.2) is 8.78 Å². The van der Waals surface area contributed by atoms with Crippen LogP contribution in [0.25, 0.3) is 0 Å². The minimum Gasteiger partial charge on any atom is -0.339 e. The number of likely N-dealkylation sites (tertiary alicyclic amines) is 1. The summed E-state index contributed by atoms with van der Waals surface area (Å²) in [4.78, 5) is 13.4. The van der Waals surface area contributed by atoms with Gasteiger partial charge in [-0.1, -0.05) is 19.1 Å². The molecule has 5 heteroatoms. The number of nitrogens with zero attached hydrogens (tertiary/aromatic N) is 1.